The van der Waals surface area contributed by atoms with Crippen LogP contribution in [0.4, 0.5) is 18.9 Å². The molecule has 1 aliphatic carbocycles. The van der Waals surface area contributed by atoms with E-state index in [0.717, 1.165) is 6.08 Å². The molecule has 166 valence electrons. The summed E-state index contributed by atoms with van der Waals surface area (Å²) in [7, 11) is 1.57. The lowest BCUT2D eigenvalue weighted by Gasteiger charge is -2.41. The highest BCUT2D eigenvalue weighted by Crippen LogP contribution is 2.51. The highest BCUT2D eigenvalue weighted by Gasteiger charge is 2.59. The first-order chi connectivity index (χ1) is 15.1. The van der Waals surface area contributed by atoms with E-state index in [1.165, 1.54) is 47.5 Å². The number of halogens is 4. The second kappa shape index (κ2) is 8.13. The number of benzodiazepines with no additional fused rings is 1. The third-order valence-corrected chi connectivity index (χ3v) is 6.28. The summed E-state index contributed by atoms with van der Waals surface area (Å²) in [6.45, 7) is 0. The fourth-order valence-corrected chi connectivity index (χ4v) is 4.55. The van der Waals surface area contributed by atoms with Gasteiger partial charge in [-0.25, -0.2) is 0 Å². The Bertz CT molecular complexity index is 1130. The van der Waals surface area contributed by atoms with E-state index >= 15 is 0 Å². The number of nitrogens with zero attached hydrogens (tertiary/aromatic N) is 2. The van der Waals surface area contributed by atoms with Gasteiger partial charge in [-0.05, 0) is 42.3 Å². The van der Waals surface area contributed by atoms with E-state index in [0.29, 0.717) is 16.3 Å². The van der Waals surface area contributed by atoms with E-state index in [9.17, 15) is 23.1 Å². The summed E-state index contributed by atoms with van der Waals surface area (Å²) in [5.41, 5.74) is -1.16. The molecule has 0 saturated carbocycles. The van der Waals surface area contributed by atoms with Crippen molar-refractivity contribution in [3.63, 3.8) is 0 Å². The molecule has 2 aliphatic rings. The first kappa shape index (κ1) is 22.1. The Morgan fingerprint density at radius 3 is 2.56 bits per heavy atom. The van der Waals surface area contributed by atoms with Crippen LogP contribution < -0.4 is 4.90 Å². The molecule has 0 bridgehead atoms. The largest absolute Gasteiger partial charge is 0.508 e. The maximum atomic E-state index is 14.6. The van der Waals surface area contributed by atoms with E-state index in [4.69, 9.17) is 11.6 Å². The van der Waals surface area contributed by atoms with Crippen molar-refractivity contribution in [3.8, 4) is 5.75 Å². The molecule has 1 aliphatic heterocycles. The molecule has 3 atom stereocenters. The third-order valence-electron chi connectivity index (χ3n) is 6.05. The van der Waals surface area contributed by atoms with Crippen LogP contribution in [0.25, 0.3) is 0 Å². The number of phenols is 1. The molecule has 1 heterocycles. The number of anilines is 1. The number of hydrogen-bond acceptors (Lipinski definition) is 3. The molecule has 1 amide bonds. The molecule has 4 nitrogen and oxygen atoms in total. The van der Waals surface area contributed by atoms with Crippen LogP contribution in [-0.2, 0) is 10.2 Å². The van der Waals surface area contributed by atoms with Gasteiger partial charge in [0.25, 0.3) is 5.91 Å². The molecule has 8 heteroatoms. The van der Waals surface area contributed by atoms with Gasteiger partial charge >= 0.3 is 6.18 Å². The number of aromatic hydroxyl groups is 1. The summed E-state index contributed by atoms with van der Waals surface area (Å²) in [6, 6.07) is 8.97. The second-order valence-corrected chi connectivity index (χ2v) is 8.33. The average Bonchev–Trinajstić information content (AvgIpc) is 2.86. The Kier molecular flexibility index (Phi) is 5.63. The number of amides is 1. The number of allylic oxidation sites excluding steroid dienone is 4. The lowest BCUT2D eigenvalue weighted by Crippen LogP contribution is -2.49. The summed E-state index contributed by atoms with van der Waals surface area (Å²) < 4.78 is 43.8. The third kappa shape index (κ3) is 3.71. The van der Waals surface area contributed by atoms with Crippen LogP contribution in [0.2, 0.25) is 5.02 Å². The van der Waals surface area contributed by atoms with Crippen LogP contribution in [-0.4, -0.2) is 36.5 Å². The van der Waals surface area contributed by atoms with Crippen LogP contribution in [0, 0.1) is 5.92 Å². The summed E-state index contributed by atoms with van der Waals surface area (Å²) in [5, 5.41) is 10.0. The molecule has 1 N–H and O–H groups in total. The predicted octanol–water partition coefficient (Wildman–Crippen LogP) is 5.44. The molecule has 0 saturated heterocycles. The molecule has 4 rings (SSSR count). The quantitative estimate of drug-likeness (QED) is 0.663. The number of carbonyl (C=O) groups is 1. The van der Waals surface area contributed by atoms with Crippen molar-refractivity contribution in [2.45, 2.75) is 24.1 Å². The van der Waals surface area contributed by atoms with E-state index in [-0.39, 0.29) is 17.7 Å². The molecule has 0 fully saturated rings. The van der Waals surface area contributed by atoms with Gasteiger partial charge in [0.1, 0.15) is 17.2 Å². The van der Waals surface area contributed by atoms with E-state index < -0.39 is 29.5 Å². The zero-order valence-corrected chi connectivity index (χ0v) is 17.8. The fourth-order valence-electron chi connectivity index (χ4n) is 4.37. The SMILES string of the molecule is CN1C(=O)C(CC2C=CC=CC2(c2ccc(O)cc2)C(F)(F)F)N=Cc2cc(Cl)ccc21. The number of phenolic OH excluding ortho intramolecular Hbond substituents is 1. The standard InChI is InChI=1S/C24H20ClF3N2O2/c1-30-21-10-7-18(25)12-15(21)14-29-20(22(30)32)13-17-4-2-3-11-23(17,24(26,27)28)16-5-8-19(31)9-6-16/h2-12,14,17,20,31H,13H2,1H3. The Morgan fingerprint density at radius 2 is 1.88 bits per heavy atom. The van der Waals surface area contributed by atoms with Crippen LogP contribution in [0.15, 0.2) is 71.8 Å². The zero-order chi connectivity index (χ0) is 23.1. The van der Waals surface area contributed by atoms with E-state index in [1.54, 1.807) is 31.3 Å². The maximum Gasteiger partial charge on any atom is 0.402 e. The van der Waals surface area contributed by atoms with Gasteiger partial charge < -0.3 is 10.0 Å². The number of benzene rings is 2. The lowest BCUT2D eigenvalue weighted by molar-refractivity contribution is -0.187. The smallest absolute Gasteiger partial charge is 0.402 e. The minimum atomic E-state index is -4.64. The van der Waals surface area contributed by atoms with E-state index in [1.807, 2.05) is 0 Å². The van der Waals surface area contributed by atoms with Crippen LogP contribution >= 0.6 is 11.6 Å². The normalized spacial score (nSPS) is 25.0. The number of alkyl halides is 3. The van der Waals surface area contributed by atoms with Gasteiger partial charge in [-0.3, -0.25) is 9.79 Å². The molecule has 32 heavy (non-hydrogen) atoms. The topological polar surface area (TPSA) is 52.9 Å². The van der Waals surface area contributed by atoms with Crippen molar-refractivity contribution in [3.05, 3.63) is 82.9 Å². The maximum absolute atomic E-state index is 14.6. The Hall–Kier alpha value is -3.06. The van der Waals surface area contributed by atoms with Crippen molar-refractivity contribution < 1.29 is 23.1 Å². The van der Waals surface area contributed by atoms with Crippen molar-refractivity contribution in [1.82, 2.24) is 0 Å². The van der Waals surface area contributed by atoms with Crippen molar-refractivity contribution in [1.29, 1.82) is 0 Å². The van der Waals surface area contributed by atoms with Crippen molar-refractivity contribution in [2.24, 2.45) is 10.9 Å². The van der Waals surface area contributed by atoms with Crippen LogP contribution in [0.1, 0.15) is 17.5 Å². The number of likely N-dealkylation sites (N-methyl/N-ethyl adjacent to an activating group) is 1. The predicted molar refractivity (Wildman–Crippen MR) is 118 cm³/mol. The molecule has 3 unspecified atom stereocenters. The summed E-state index contributed by atoms with van der Waals surface area (Å²) >= 11 is 6.05. The summed E-state index contributed by atoms with van der Waals surface area (Å²) in [5.74, 6) is -1.60. The van der Waals surface area contributed by atoms with Gasteiger partial charge in [0.2, 0.25) is 0 Å². The first-order valence-electron chi connectivity index (χ1n) is 9.96. The Balaban J connectivity index is 1.74. The highest BCUT2D eigenvalue weighted by molar-refractivity contribution is 6.31. The van der Waals surface area contributed by atoms with Crippen molar-refractivity contribution in [2.75, 3.05) is 11.9 Å². The fraction of sp³-hybridized carbons (Fsp3) is 0.250. The van der Waals surface area contributed by atoms with Crippen LogP contribution in [0.3, 0.4) is 0 Å². The zero-order valence-electron chi connectivity index (χ0n) is 17.1. The second-order valence-electron chi connectivity index (χ2n) is 7.89. The highest BCUT2D eigenvalue weighted by atomic mass is 35.5. The van der Waals surface area contributed by atoms with Gasteiger partial charge in [0.05, 0.1) is 5.69 Å². The molecule has 0 aromatic heterocycles. The number of fused-ring (bicyclic) bond motifs is 1. The van der Waals surface area contributed by atoms with Gasteiger partial charge in [-0.2, -0.15) is 13.2 Å². The first-order valence-corrected chi connectivity index (χ1v) is 10.3. The summed E-state index contributed by atoms with van der Waals surface area (Å²) in [6.07, 6.45) is 2.20. The number of rotatable bonds is 3. The average molecular weight is 461 g/mol. The molecule has 2 aromatic rings. The molecule has 0 spiro atoms. The molecule has 2 aromatic carbocycles. The van der Waals surface area contributed by atoms with Gasteiger partial charge in [-0.1, -0.05) is 48.0 Å². The van der Waals surface area contributed by atoms with Gasteiger partial charge in [0, 0.05) is 29.8 Å². The number of aliphatic imine (C=N–C) groups is 1. The lowest BCUT2D eigenvalue weighted by atomic mass is 9.65. The minimum absolute atomic E-state index is 0.0122. The minimum Gasteiger partial charge on any atom is -0.508 e. The van der Waals surface area contributed by atoms with Crippen molar-refractivity contribution >= 4 is 29.4 Å². The van der Waals surface area contributed by atoms with Gasteiger partial charge in [-0.15, -0.1) is 0 Å². The Labute approximate surface area is 188 Å². The number of carbonyl (C=O) groups excluding carboxylic acids is 1. The number of hydrogen-bond donors (Lipinski definition) is 1. The monoisotopic (exact) mass is 460 g/mol. The summed E-state index contributed by atoms with van der Waals surface area (Å²) in [4.78, 5) is 18.9. The Morgan fingerprint density at radius 1 is 1.16 bits per heavy atom. The van der Waals surface area contributed by atoms with Gasteiger partial charge in [0.15, 0.2) is 0 Å². The molecular formula is C24H20ClF3N2O2. The van der Waals surface area contributed by atoms with E-state index in [2.05, 4.69) is 4.99 Å². The van der Waals surface area contributed by atoms with Crippen LogP contribution in [0.5, 0.6) is 5.75 Å². The molecular weight excluding hydrogens is 441 g/mol. The molecule has 0 radical (unpaired) electrons.